The third kappa shape index (κ3) is 5.87. The van der Waals surface area contributed by atoms with E-state index in [4.69, 9.17) is 14.2 Å². The van der Waals surface area contributed by atoms with Crippen molar-refractivity contribution in [1.82, 2.24) is 0 Å². The molecule has 1 rings (SSSR count). The fourth-order valence-electron chi connectivity index (χ4n) is 1.81. The van der Waals surface area contributed by atoms with Gasteiger partial charge >= 0.3 is 13.6 Å². The molecule has 5 nitrogen and oxygen atoms in total. The molecule has 0 aliphatic carbocycles. The summed E-state index contributed by atoms with van der Waals surface area (Å²) in [7, 11) is -3.08. The monoisotopic (exact) mass is 300 g/mol. The average Bonchev–Trinajstić information content (AvgIpc) is 2.38. The Hall–Kier alpha value is -1.16. The van der Waals surface area contributed by atoms with E-state index < -0.39 is 13.6 Å². The minimum atomic E-state index is -3.08. The van der Waals surface area contributed by atoms with Gasteiger partial charge in [-0.3, -0.25) is 9.36 Å². The number of rotatable bonds is 9. The summed E-state index contributed by atoms with van der Waals surface area (Å²) in [5.74, 6) is -0.814. The molecule has 0 aliphatic heterocycles. The normalized spacial score (nSPS) is 11.5. The molecule has 0 saturated carbocycles. The Morgan fingerprint density at radius 1 is 1.10 bits per heavy atom. The predicted molar refractivity (Wildman–Crippen MR) is 77.0 cm³/mol. The zero-order valence-electron chi connectivity index (χ0n) is 11.9. The van der Waals surface area contributed by atoms with Crippen LogP contribution in [0.2, 0.25) is 0 Å². The number of aryl methyl sites for hydroxylation is 1. The first-order valence-corrected chi connectivity index (χ1v) is 8.39. The first-order valence-electron chi connectivity index (χ1n) is 6.67. The molecule has 1 aromatic carbocycles. The molecule has 0 atom stereocenters. The molecule has 0 bridgehead atoms. The third-order valence-electron chi connectivity index (χ3n) is 2.68. The maximum Gasteiger partial charge on any atom is 0.335 e. The van der Waals surface area contributed by atoms with Crippen molar-refractivity contribution in [2.75, 3.05) is 13.2 Å². The van der Waals surface area contributed by atoms with Crippen LogP contribution in [0.25, 0.3) is 0 Å². The zero-order chi connectivity index (χ0) is 15.0. The Labute approximate surface area is 119 Å². The fourth-order valence-corrected chi connectivity index (χ4v) is 3.51. The van der Waals surface area contributed by atoms with Gasteiger partial charge in [-0.25, -0.2) is 0 Å². The summed E-state index contributed by atoms with van der Waals surface area (Å²) in [5, 5.41) is 8.63. The van der Waals surface area contributed by atoms with E-state index in [1.54, 1.807) is 13.8 Å². The Morgan fingerprint density at radius 3 is 2.05 bits per heavy atom. The van der Waals surface area contributed by atoms with E-state index in [9.17, 15) is 9.36 Å². The van der Waals surface area contributed by atoms with E-state index in [1.165, 1.54) is 0 Å². The number of carboxylic acids is 1. The van der Waals surface area contributed by atoms with Crippen molar-refractivity contribution < 1.29 is 23.5 Å². The fraction of sp³-hybridized carbons (Fsp3) is 0.500. The van der Waals surface area contributed by atoms with Gasteiger partial charge in [0.2, 0.25) is 0 Å². The maximum atomic E-state index is 12.4. The second-order valence-electron chi connectivity index (χ2n) is 4.31. The van der Waals surface area contributed by atoms with Gasteiger partial charge in [-0.05, 0) is 31.4 Å². The molecule has 0 saturated heterocycles. The predicted octanol–water partition coefficient (Wildman–Crippen LogP) is 3.47. The number of hydrogen-bond donors (Lipinski definition) is 1. The van der Waals surface area contributed by atoms with Crippen LogP contribution in [0.15, 0.2) is 24.3 Å². The summed E-state index contributed by atoms with van der Waals surface area (Å²) in [6.45, 7) is 4.24. The number of carbonyl (C=O) groups is 1. The first kappa shape index (κ1) is 16.9. The van der Waals surface area contributed by atoms with Gasteiger partial charge in [0, 0.05) is 6.42 Å². The van der Waals surface area contributed by atoms with Crippen LogP contribution in [0.3, 0.4) is 0 Å². The van der Waals surface area contributed by atoms with Gasteiger partial charge in [-0.1, -0.05) is 24.3 Å². The topological polar surface area (TPSA) is 72.8 Å². The molecule has 112 valence electrons. The molecule has 6 heteroatoms. The summed E-state index contributed by atoms with van der Waals surface area (Å²) in [6, 6.07) is 7.37. The summed E-state index contributed by atoms with van der Waals surface area (Å²) < 4.78 is 22.8. The SMILES string of the molecule is CCOP(=O)(Cc1ccc(CCC(=O)O)cc1)OCC. The van der Waals surface area contributed by atoms with Crippen LogP contribution < -0.4 is 0 Å². The largest absolute Gasteiger partial charge is 0.481 e. The molecule has 0 fully saturated rings. The second-order valence-corrected chi connectivity index (χ2v) is 6.37. The highest BCUT2D eigenvalue weighted by Crippen LogP contribution is 2.51. The zero-order valence-corrected chi connectivity index (χ0v) is 12.8. The van der Waals surface area contributed by atoms with E-state index in [-0.39, 0.29) is 12.6 Å². The van der Waals surface area contributed by atoms with Gasteiger partial charge in [-0.15, -0.1) is 0 Å². The summed E-state index contributed by atoms with van der Waals surface area (Å²) in [6.07, 6.45) is 0.827. The standard InChI is InChI=1S/C14H21O5P/c1-3-18-20(17,19-4-2)11-13-7-5-12(6-8-13)9-10-14(15)16/h5-8H,3-4,9-11H2,1-2H3,(H,15,16). The number of aliphatic carboxylic acids is 1. The summed E-state index contributed by atoms with van der Waals surface area (Å²) in [4.78, 5) is 10.5. The minimum Gasteiger partial charge on any atom is -0.481 e. The van der Waals surface area contributed by atoms with Crippen molar-refractivity contribution in [3.8, 4) is 0 Å². The van der Waals surface area contributed by atoms with E-state index in [1.807, 2.05) is 24.3 Å². The molecule has 0 heterocycles. The smallest absolute Gasteiger partial charge is 0.335 e. The number of carboxylic acid groups (broad SMARTS) is 1. The van der Waals surface area contributed by atoms with Crippen molar-refractivity contribution >= 4 is 13.6 Å². The van der Waals surface area contributed by atoms with Crippen LogP contribution in [-0.2, 0) is 31.0 Å². The molecule has 0 spiro atoms. The van der Waals surface area contributed by atoms with Gasteiger partial charge in [0.1, 0.15) is 0 Å². The molecule has 1 N–H and O–H groups in total. The molecule has 0 aromatic heterocycles. The van der Waals surface area contributed by atoms with Crippen LogP contribution >= 0.6 is 7.60 Å². The summed E-state index contributed by atoms with van der Waals surface area (Å²) in [5.41, 5.74) is 1.80. The van der Waals surface area contributed by atoms with Crippen molar-refractivity contribution in [2.24, 2.45) is 0 Å². The van der Waals surface area contributed by atoms with Gasteiger partial charge in [0.05, 0.1) is 19.4 Å². The lowest BCUT2D eigenvalue weighted by molar-refractivity contribution is -0.136. The molecule has 20 heavy (non-hydrogen) atoms. The number of hydrogen-bond acceptors (Lipinski definition) is 4. The van der Waals surface area contributed by atoms with E-state index >= 15 is 0 Å². The van der Waals surface area contributed by atoms with Crippen LogP contribution in [0, 0.1) is 0 Å². The Bertz CT molecular complexity index is 459. The molecule has 0 radical (unpaired) electrons. The van der Waals surface area contributed by atoms with Crippen molar-refractivity contribution in [3.05, 3.63) is 35.4 Å². The van der Waals surface area contributed by atoms with Crippen LogP contribution in [0.4, 0.5) is 0 Å². The lowest BCUT2D eigenvalue weighted by Crippen LogP contribution is -2.00. The molecular weight excluding hydrogens is 279 g/mol. The highest BCUT2D eigenvalue weighted by Gasteiger charge is 2.23. The van der Waals surface area contributed by atoms with Crippen LogP contribution in [0.1, 0.15) is 31.4 Å². The minimum absolute atomic E-state index is 0.107. The second kappa shape index (κ2) is 8.20. The highest BCUT2D eigenvalue weighted by molar-refractivity contribution is 7.53. The molecule has 0 unspecified atom stereocenters. The van der Waals surface area contributed by atoms with Crippen molar-refractivity contribution in [2.45, 2.75) is 32.9 Å². The van der Waals surface area contributed by atoms with Crippen LogP contribution in [-0.4, -0.2) is 24.3 Å². The van der Waals surface area contributed by atoms with Gasteiger partial charge in [0.25, 0.3) is 0 Å². The Morgan fingerprint density at radius 2 is 1.60 bits per heavy atom. The maximum absolute atomic E-state index is 12.4. The summed E-state index contributed by atoms with van der Waals surface area (Å²) >= 11 is 0. The third-order valence-corrected chi connectivity index (χ3v) is 4.73. The van der Waals surface area contributed by atoms with Crippen LogP contribution in [0.5, 0.6) is 0 Å². The Kier molecular flexibility index (Phi) is 6.93. The van der Waals surface area contributed by atoms with E-state index in [2.05, 4.69) is 0 Å². The van der Waals surface area contributed by atoms with Crippen molar-refractivity contribution in [3.63, 3.8) is 0 Å². The van der Waals surface area contributed by atoms with Gasteiger partial charge < -0.3 is 14.2 Å². The molecule has 0 amide bonds. The first-order chi connectivity index (χ1) is 9.49. The van der Waals surface area contributed by atoms with Gasteiger partial charge in [-0.2, -0.15) is 0 Å². The van der Waals surface area contributed by atoms with Crippen molar-refractivity contribution in [1.29, 1.82) is 0 Å². The average molecular weight is 300 g/mol. The molecule has 0 aliphatic rings. The lowest BCUT2D eigenvalue weighted by atomic mass is 10.1. The van der Waals surface area contributed by atoms with E-state index in [0.717, 1.165) is 11.1 Å². The molecular formula is C14H21O5P. The Balaban J connectivity index is 2.67. The van der Waals surface area contributed by atoms with Gasteiger partial charge in [0.15, 0.2) is 0 Å². The molecule has 1 aromatic rings. The highest BCUT2D eigenvalue weighted by atomic mass is 31.2. The quantitative estimate of drug-likeness (QED) is 0.707. The van der Waals surface area contributed by atoms with E-state index in [0.29, 0.717) is 19.6 Å². The number of benzene rings is 1. The lowest BCUT2D eigenvalue weighted by Gasteiger charge is -2.17.